The summed E-state index contributed by atoms with van der Waals surface area (Å²) in [6, 6.07) is 18.2. The van der Waals surface area contributed by atoms with Gasteiger partial charge in [-0.15, -0.1) is 0 Å². The van der Waals surface area contributed by atoms with Crippen LogP contribution in [0.2, 0.25) is 0 Å². The third-order valence-corrected chi connectivity index (χ3v) is 7.48. The van der Waals surface area contributed by atoms with Gasteiger partial charge < -0.3 is 15.5 Å². The predicted octanol–water partition coefficient (Wildman–Crippen LogP) is 3.76. The Balaban J connectivity index is 1.34. The van der Waals surface area contributed by atoms with Gasteiger partial charge in [-0.3, -0.25) is 14.9 Å². The molecule has 0 unspecified atom stereocenters. The van der Waals surface area contributed by atoms with Crippen LogP contribution in [0.4, 0.5) is 22.0 Å². The summed E-state index contributed by atoms with van der Waals surface area (Å²) in [5, 5.41) is 10.4. The molecule has 1 aliphatic heterocycles. The number of primary amides is 1. The number of carbonyl (C=O) groups excluding carboxylic acids is 2. The molecular weight excluding hydrogens is 492 g/mol. The Hall–Kier alpha value is -4.70. The maximum Gasteiger partial charge on any atom is 0.338 e. The number of urea groups is 1. The first-order valence-corrected chi connectivity index (χ1v) is 13.0. The summed E-state index contributed by atoms with van der Waals surface area (Å²) in [4.78, 5) is 35.7. The van der Waals surface area contributed by atoms with Crippen molar-refractivity contribution in [1.82, 2.24) is 20.1 Å². The number of anilines is 3. The van der Waals surface area contributed by atoms with E-state index in [-0.39, 0.29) is 5.78 Å². The number of pyridine rings is 1. The molecule has 3 heterocycles. The third kappa shape index (κ3) is 4.28. The quantitative estimate of drug-likeness (QED) is 0.338. The number of ketones is 1. The van der Waals surface area contributed by atoms with E-state index >= 15 is 0 Å². The average Bonchev–Trinajstić information content (AvgIpc) is 3.42. The lowest BCUT2D eigenvalue weighted by Crippen LogP contribution is -2.48. The van der Waals surface area contributed by atoms with Crippen molar-refractivity contribution in [3.8, 4) is 22.5 Å². The number of hydrogen-bond acceptors (Lipinski definition) is 7. The van der Waals surface area contributed by atoms with E-state index in [2.05, 4.69) is 44.2 Å². The highest BCUT2D eigenvalue weighted by atomic mass is 16.2. The molecule has 1 saturated heterocycles. The molecule has 0 atom stereocenters. The number of benzene rings is 2. The van der Waals surface area contributed by atoms with Crippen molar-refractivity contribution in [3.63, 3.8) is 0 Å². The van der Waals surface area contributed by atoms with Gasteiger partial charge in [-0.2, -0.15) is 5.10 Å². The second-order valence-electron chi connectivity index (χ2n) is 9.90. The molecule has 4 aromatic rings. The summed E-state index contributed by atoms with van der Waals surface area (Å²) in [6.45, 7) is 4.12. The highest BCUT2D eigenvalue weighted by molar-refractivity contribution is 6.27. The van der Waals surface area contributed by atoms with Crippen LogP contribution in [0.15, 0.2) is 66.9 Å². The third-order valence-electron chi connectivity index (χ3n) is 7.48. The molecule has 0 radical (unpaired) electrons. The standard InChI is InChI=1S/C29H30N8O2/c1-34-15-6-16-36(18-17-34)20-12-10-19(11-13-20)26-25-27(33-32-26)21-7-5-8-22(24(21)28(25)38)37(29(30)39)35(2)23-9-3-4-14-31-23/h3-5,7-14H,6,15-18H2,1-2H3,(H2,30,39)(H,32,33). The summed E-state index contributed by atoms with van der Waals surface area (Å²) >= 11 is 0. The minimum absolute atomic E-state index is 0.209. The van der Waals surface area contributed by atoms with Crippen LogP contribution in [0.25, 0.3) is 22.5 Å². The van der Waals surface area contributed by atoms with Gasteiger partial charge in [0.05, 0.1) is 22.5 Å². The molecule has 39 heavy (non-hydrogen) atoms. The van der Waals surface area contributed by atoms with E-state index in [0.29, 0.717) is 39.6 Å². The summed E-state index contributed by atoms with van der Waals surface area (Å²) in [6.07, 6.45) is 2.75. The van der Waals surface area contributed by atoms with Gasteiger partial charge in [0, 0.05) is 49.7 Å². The number of likely N-dealkylation sites (N-methyl/N-ethyl adjacent to an activating group) is 1. The maximum atomic E-state index is 13.9. The smallest absolute Gasteiger partial charge is 0.338 e. The summed E-state index contributed by atoms with van der Waals surface area (Å²) in [5.74, 6) is 0.302. The van der Waals surface area contributed by atoms with Crippen molar-refractivity contribution in [3.05, 3.63) is 78.0 Å². The van der Waals surface area contributed by atoms with Crippen molar-refractivity contribution < 1.29 is 9.59 Å². The minimum atomic E-state index is -0.728. The zero-order valence-electron chi connectivity index (χ0n) is 22.0. The van der Waals surface area contributed by atoms with Crippen molar-refractivity contribution >= 4 is 29.0 Å². The minimum Gasteiger partial charge on any atom is -0.370 e. The Morgan fingerprint density at radius 2 is 1.79 bits per heavy atom. The van der Waals surface area contributed by atoms with E-state index in [4.69, 9.17) is 5.73 Å². The van der Waals surface area contributed by atoms with E-state index < -0.39 is 6.03 Å². The molecule has 2 aliphatic rings. The zero-order chi connectivity index (χ0) is 27.1. The number of fused-ring (bicyclic) bond motifs is 3. The zero-order valence-corrected chi connectivity index (χ0v) is 22.0. The Bertz CT molecular complexity index is 1530. The molecule has 198 valence electrons. The Labute approximate surface area is 226 Å². The Morgan fingerprint density at radius 1 is 0.974 bits per heavy atom. The molecule has 10 nitrogen and oxygen atoms in total. The first-order valence-electron chi connectivity index (χ1n) is 13.0. The van der Waals surface area contributed by atoms with Gasteiger partial charge in [-0.25, -0.2) is 14.8 Å². The number of aromatic amines is 1. The molecule has 0 bridgehead atoms. The molecular formula is C29H30N8O2. The maximum absolute atomic E-state index is 13.9. The summed E-state index contributed by atoms with van der Waals surface area (Å²) < 4.78 is 0. The van der Waals surface area contributed by atoms with Crippen molar-refractivity contribution in [2.24, 2.45) is 5.73 Å². The molecule has 3 N–H and O–H groups in total. The van der Waals surface area contributed by atoms with Crippen LogP contribution in [0, 0.1) is 0 Å². The number of rotatable bonds is 5. The van der Waals surface area contributed by atoms with Crippen molar-refractivity contribution in [2.45, 2.75) is 6.42 Å². The highest BCUT2D eigenvalue weighted by Gasteiger charge is 2.37. The lowest BCUT2D eigenvalue weighted by Gasteiger charge is -2.32. The number of aromatic nitrogens is 3. The number of amides is 2. The fourth-order valence-corrected chi connectivity index (χ4v) is 5.47. The van der Waals surface area contributed by atoms with Gasteiger partial charge in [0.25, 0.3) is 0 Å². The van der Waals surface area contributed by atoms with Crippen LogP contribution in [0.1, 0.15) is 22.3 Å². The van der Waals surface area contributed by atoms with Crippen LogP contribution in [0.5, 0.6) is 0 Å². The van der Waals surface area contributed by atoms with Crippen LogP contribution < -0.4 is 20.7 Å². The molecule has 0 saturated carbocycles. The second kappa shape index (κ2) is 9.88. The summed E-state index contributed by atoms with van der Waals surface area (Å²) in [5.41, 5.74) is 11.0. The highest BCUT2D eigenvalue weighted by Crippen LogP contribution is 2.44. The van der Waals surface area contributed by atoms with Crippen molar-refractivity contribution in [2.75, 3.05) is 55.2 Å². The van der Waals surface area contributed by atoms with Crippen LogP contribution in [-0.4, -0.2) is 72.2 Å². The number of nitrogens with two attached hydrogens (primary N) is 1. The number of hydrazine groups is 1. The largest absolute Gasteiger partial charge is 0.370 e. The monoisotopic (exact) mass is 522 g/mol. The normalized spacial score (nSPS) is 15.0. The van der Waals surface area contributed by atoms with E-state index in [1.54, 1.807) is 37.5 Å². The predicted molar refractivity (Wildman–Crippen MR) is 152 cm³/mol. The number of nitrogens with zero attached hydrogens (tertiary/aromatic N) is 6. The number of nitrogens with one attached hydrogen (secondary N) is 1. The number of H-pyrrole nitrogens is 1. The van der Waals surface area contributed by atoms with Crippen LogP contribution in [0.3, 0.4) is 0 Å². The first kappa shape index (κ1) is 24.6. The molecule has 0 spiro atoms. The van der Waals surface area contributed by atoms with Crippen molar-refractivity contribution in [1.29, 1.82) is 0 Å². The van der Waals surface area contributed by atoms with Gasteiger partial charge >= 0.3 is 6.03 Å². The van der Waals surface area contributed by atoms with E-state index in [1.165, 1.54) is 10.0 Å². The van der Waals surface area contributed by atoms with Gasteiger partial charge in [-0.05, 0) is 50.3 Å². The van der Waals surface area contributed by atoms with E-state index in [9.17, 15) is 9.59 Å². The van der Waals surface area contributed by atoms with Gasteiger partial charge in [0.2, 0.25) is 0 Å². The number of hydrogen-bond donors (Lipinski definition) is 2. The van der Waals surface area contributed by atoms with Gasteiger partial charge in [0.1, 0.15) is 11.5 Å². The lowest BCUT2D eigenvalue weighted by atomic mass is 10.0. The molecule has 6 rings (SSSR count). The van der Waals surface area contributed by atoms with E-state index in [1.807, 2.05) is 24.3 Å². The lowest BCUT2D eigenvalue weighted by molar-refractivity contribution is 0.104. The van der Waals surface area contributed by atoms with E-state index in [0.717, 1.165) is 43.9 Å². The fourth-order valence-electron chi connectivity index (χ4n) is 5.47. The topological polar surface area (TPSA) is 115 Å². The SMILES string of the molecule is CN1CCCN(c2ccc(-c3n[nH]c4c3C(=O)c3c-4cccc3N(C(N)=O)N(C)c3ccccn3)cc2)CC1. The number of carbonyl (C=O) groups is 2. The van der Waals surface area contributed by atoms with Crippen LogP contribution in [-0.2, 0) is 0 Å². The molecule has 10 heteroatoms. The van der Waals surface area contributed by atoms with Gasteiger partial charge in [0.15, 0.2) is 5.78 Å². The second-order valence-corrected chi connectivity index (χ2v) is 9.90. The first-order chi connectivity index (χ1) is 18.9. The molecule has 2 aromatic carbocycles. The summed E-state index contributed by atoms with van der Waals surface area (Å²) in [7, 11) is 3.84. The van der Waals surface area contributed by atoms with Gasteiger partial charge in [-0.1, -0.05) is 30.3 Å². The Kier molecular flexibility index (Phi) is 6.24. The van der Waals surface area contributed by atoms with Crippen LogP contribution >= 0.6 is 0 Å². The average molecular weight is 523 g/mol. The molecule has 1 aliphatic carbocycles. The molecule has 1 fully saturated rings. The fraction of sp³-hybridized carbons (Fsp3) is 0.241. The Morgan fingerprint density at radius 3 is 2.54 bits per heavy atom. The molecule has 2 amide bonds. The molecule has 2 aromatic heterocycles.